The number of anilines is 1. The van der Waals surface area contributed by atoms with Gasteiger partial charge in [0.05, 0.1) is 5.56 Å². The molecule has 0 spiro atoms. The molecule has 2 aliphatic carbocycles. The van der Waals surface area contributed by atoms with Crippen molar-refractivity contribution in [2.75, 3.05) is 18.0 Å². The number of carbonyl (C=O) groups excluding carboxylic acids is 2. The topological polar surface area (TPSA) is 72.6 Å². The van der Waals surface area contributed by atoms with Crippen molar-refractivity contribution in [3.05, 3.63) is 89.6 Å². The largest absolute Gasteiger partial charge is 0.490 e. The molecule has 240 valence electrons. The molecule has 2 bridgehead atoms. The molecule has 1 saturated heterocycles. The predicted octanol–water partition coefficient (Wildman–Crippen LogP) is 8.54. The number of aromatic nitrogens is 1. The lowest BCUT2D eigenvalue weighted by Gasteiger charge is -2.43. The molecule has 0 radical (unpaired) electrons. The van der Waals surface area contributed by atoms with Crippen LogP contribution in [0.3, 0.4) is 0 Å². The van der Waals surface area contributed by atoms with Gasteiger partial charge in [-0.1, -0.05) is 0 Å². The van der Waals surface area contributed by atoms with E-state index in [0.717, 1.165) is 37.1 Å². The minimum Gasteiger partial charge on any atom is -0.490 e. The number of fused-ring (bicyclic) bond motifs is 3. The molecule has 2 heterocycles. The fourth-order valence-corrected chi connectivity index (χ4v) is 7.66. The third-order valence-electron chi connectivity index (χ3n) is 10.1. The summed E-state index contributed by atoms with van der Waals surface area (Å²) in [5.74, 6) is 0.409. The van der Waals surface area contributed by atoms with Crippen LogP contribution in [0.2, 0.25) is 0 Å². The van der Waals surface area contributed by atoms with Crippen LogP contribution in [0.15, 0.2) is 71.1 Å². The highest BCUT2D eigenvalue weighted by Gasteiger charge is 2.44. The summed E-state index contributed by atoms with van der Waals surface area (Å²) in [6, 6.07) is 16.3. The van der Waals surface area contributed by atoms with Gasteiger partial charge in [0, 0.05) is 55.1 Å². The molecule has 1 aromatic heterocycles. The van der Waals surface area contributed by atoms with Crippen LogP contribution < -0.4 is 9.64 Å². The summed E-state index contributed by atoms with van der Waals surface area (Å²) in [7, 11) is 0. The first-order chi connectivity index (χ1) is 22.1. The number of hydrogen-bond donors (Lipinski definition) is 0. The van der Waals surface area contributed by atoms with Gasteiger partial charge in [-0.05, 0) is 105 Å². The molecular weight excluding hydrogens is 600 g/mol. The van der Waals surface area contributed by atoms with E-state index in [1.54, 1.807) is 24.3 Å². The smallest absolute Gasteiger partial charge is 0.416 e. The zero-order chi connectivity index (χ0) is 32.0. The van der Waals surface area contributed by atoms with Gasteiger partial charge in [-0.15, -0.1) is 0 Å². The van der Waals surface area contributed by atoms with Crippen LogP contribution in [0, 0.1) is 29.5 Å². The van der Waals surface area contributed by atoms with Gasteiger partial charge in [0.25, 0.3) is 5.89 Å². The lowest BCUT2D eigenvalue weighted by atomic mass is 9.60. The van der Waals surface area contributed by atoms with Crippen molar-refractivity contribution in [3.8, 4) is 5.75 Å². The SMILES string of the molecule is O=C(c1ccc(F)cc1)C1CCC2CC1CCC2C(=O)c1nc2ccc(OC3CCN(c4ccc(C(F)(F)F)cc4)CC3)cc2o1. The van der Waals surface area contributed by atoms with Gasteiger partial charge in [0.15, 0.2) is 11.4 Å². The van der Waals surface area contributed by atoms with E-state index in [0.29, 0.717) is 61.2 Å². The van der Waals surface area contributed by atoms with Gasteiger partial charge in [-0.3, -0.25) is 9.59 Å². The van der Waals surface area contributed by atoms with Crippen LogP contribution in [0.5, 0.6) is 5.75 Å². The molecule has 3 aromatic carbocycles. The molecule has 3 fully saturated rings. The number of alkyl halides is 3. The number of ketones is 2. The van der Waals surface area contributed by atoms with Gasteiger partial charge in [-0.25, -0.2) is 9.37 Å². The Kier molecular flexibility index (Phi) is 8.07. The van der Waals surface area contributed by atoms with Gasteiger partial charge in [0.2, 0.25) is 5.78 Å². The van der Waals surface area contributed by atoms with Gasteiger partial charge < -0.3 is 14.1 Å². The highest BCUT2D eigenvalue weighted by molar-refractivity contribution is 5.98. The first-order valence-corrected chi connectivity index (χ1v) is 16.0. The average molecular weight is 635 g/mol. The summed E-state index contributed by atoms with van der Waals surface area (Å²) in [4.78, 5) is 33.3. The number of benzene rings is 3. The second-order valence-corrected chi connectivity index (χ2v) is 12.9. The lowest BCUT2D eigenvalue weighted by Crippen LogP contribution is -2.40. The Hall–Kier alpha value is -4.21. The molecule has 1 aliphatic heterocycles. The fourth-order valence-electron chi connectivity index (χ4n) is 7.66. The van der Waals surface area contributed by atoms with E-state index in [1.807, 2.05) is 6.07 Å². The van der Waals surface area contributed by atoms with Crippen LogP contribution in [-0.4, -0.2) is 35.7 Å². The minimum absolute atomic E-state index is 0.0626. The maximum absolute atomic E-state index is 13.6. The van der Waals surface area contributed by atoms with E-state index < -0.39 is 11.7 Å². The molecule has 4 unspecified atom stereocenters. The molecular formula is C36H34F4N2O4. The van der Waals surface area contributed by atoms with Gasteiger partial charge in [0.1, 0.15) is 23.2 Å². The second-order valence-electron chi connectivity index (χ2n) is 12.9. The van der Waals surface area contributed by atoms with Crippen molar-refractivity contribution in [1.82, 2.24) is 4.98 Å². The number of Topliss-reactive ketones (excluding diaryl/α,β-unsaturated/α-hetero) is 2. The van der Waals surface area contributed by atoms with E-state index >= 15 is 0 Å². The van der Waals surface area contributed by atoms with E-state index in [2.05, 4.69) is 9.88 Å². The number of carbonyl (C=O) groups is 2. The number of oxazole rings is 1. The van der Waals surface area contributed by atoms with E-state index in [4.69, 9.17) is 9.15 Å². The highest BCUT2D eigenvalue weighted by atomic mass is 19.4. The van der Waals surface area contributed by atoms with Crippen LogP contribution in [0.4, 0.5) is 23.2 Å². The van der Waals surface area contributed by atoms with Crippen LogP contribution in [0.1, 0.15) is 71.6 Å². The zero-order valence-corrected chi connectivity index (χ0v) is 25.1. The Morgan fingerprint density at radius 2 is 1.46 bits per heavy atom. The third-order valence-corrected chi connectivity index (χ3v) is 10.1. The third kappa shape index (κ3) is 6.13. The molecule has 0 N–H and O–H groups in total. The molecule has 3 aliphatic rings. The Balaban J connectivity index is 0.949. The zero-order valence-electron chi connectivity index (χ0n) is 25.1. The second kappa shape index (κ2) is 12.2. The molecule has 4 aromatic rings. The number of halogens is 4. The fraction of sp³-hybridized carbons (Fsp3) is 0.417. The predicted molar refractivity (Wildman–Crippen MR) is 163 cm³/mol. The first kappa shape index (κ1) is 30.4. The maximum atomic E-state index is 13.6. The summed E-state index contributed by atoms with van der Waals surface area (Å²) in [6.45, 7) is 1.31. The summed E-state index contributed by atoms with van der Waals surface area (Å²) in [5.41, 5.74) is 1.70. The Morgan fingerprint density at radius 3 is 2.11 bits per heavy atom. The van der Waals surface area contributed by atoms with E-state index in [-0.39, 0.29) is 53.1 Å². The summed E-state index contributed by atoms with van der Waals surface area (Å²) < 4.78 is 64.2. The van der Waals surface area contributed by atoms with Crippen LogP contribution >= 0.6 is 0 Å². The maximum Gasteiger partial charge on any atom is 0.416 e. The molecule has 2 saturated carbocycles. The number of piperidine rings is 1. The number of nitrogens with zero attached hydrogens (tertiary/aromatic N) is 2. The van der Waals surface area contributed by atoms with Crippen LogP contribution in [0.25, 0.3) is 11.1 Å². The van der Waals surface area contributed by atoms with E-state index in [1.165, 1.54) is 24.3 Å². The van der Waals surface area contributed by atoms with Crippen molar-refractivity contribution in [3.63, 3.8) is 0 Å². The Labute approximate surface area is 263 Å². The highest BCUT2D eigenvalue weighted by Crippen LogP contribution is 2.48. The van der Waals surface area contributed by atoms with Crippen molar-refractivity contribution in [2.45, 2.75) is 57.2 Å². The molecule has 0 amide bonds. The monoisotopic (exact) mass is 634 g/mol. The molecule has 7 rings (SSSR count). The van der Waals surface area contributed by atoms with Crippen molar-refractivity contribution in [1.29, 1.82) is 0 Å². The van der Waals surface area contributed by atoms with Crippen LogP contribution in [-0.2, 0) is 6.18 Å². The first-order valence-electron chi connectivity index (χ1n) is 16.0. The van der Waals surface area contributed by atoms with Crippen molar-refractivity contribution in [2.24, 2.45) is 23.7 Å². The minimum atomic E-state index is -4.35. The quantitative estimate of drug-likeness (QED) is 0.150. The Bertz CT molecular complexity index is 1730. The average Bonchev–Trinajstić information content (AvgIpc) is 3.49. The normalized spacial score (nSPS) is 23.8. The lowest BCUT2D eigenvalue weighted by molar-refractivity contribution is -0.137. The Morgan fingerprint density at radius 1 is 0.804 bits per heavy atom. The number of rotatable bonds is 7. The van der Waals surface area contributed by atoms with Gasteiger partial charge >= 0.3 is 6.18 Å². The summed E-state index contributed by atoms with van der Waals surface area (Å²) in [6.07, 6.45) is 0.761. The molecule has 4 atom stereocenters. The van der Waals surface area contributed by atoms with Crippen molar-refractivity contribution < 1.29 is 36.3 Å². The number of ether oxygens (including phenoxy) is 1. The van der Waals surface area contributed by atoms with E-state index in [9.17, 15) is 27.2 Å². The number of hydrogen-bond acceptors (Lipinski definition) is 6. The summed E-state index contributed by atoms with van der Waals surface area (Å²) in [5, 5.41) is 0. The molecule has 46 heavy (non-hydrogen) atoms. The van der Waals surface area contributed by atoms with Gasteiger partial charge in [-0.2, -0.15) is 13.2 Å². The standard InChI is InChI=1S/C36H34F4N2O4/c37-25-7-1-21(2-8-25)33(43)29-12-3-23-19-22(29)4-13-30(23)34(44)35-41-31-14-11-28(20-32(31)46-35)45-27-15-17-42(18-16-27)26-9-5-24(6-10-26)36(38,39)40/h1-2,5-11,14,20,22-23,27,29-30H,3-4,12-13,15-19H2. The summed E-state index contributed by atoms with van der Waals surface area (Å²) >= 11 is 0. The molecule has 10 heteroatoms. The molecule has 6 nitrogen and oxygen atoms in total. The van der Waals surface area contributed by atoms with Crippen molar-refractivity contribution >= 4 is 28.4 Å².